The summed E-state index contributed by atoms with van der Waals surface area (Å²) < 4.78 is 5.71. The third-order valence-electron chi connectivity index (χ3n) is 1.66. The van der Waals surface area contributed by atoms with Crippen LogP contribution in [0.2, 0.25) is 0 Å². The first-order valence-corrected chi connectivity index (χ1v) is 5.02. The third kappa shape index (κ3) is 3.13. The molecule has 5 N–H and O–H groups in total. The van der Waals surface area contributed by atoms with Crippen LogP contribution in [0.1, 0.15) is 5.56 Å². The molecular formula is C9H11BrN4O2. The molecular weight excluding hydrogens is 276 g/mol. The Bertz CT molecular complexity index is 441. The number of hydrogen-bond acceptors (Lipinski definition) is 4. The van der Waals surface area contributed by atoms with Gasteiger partial charge in [0, 0.05) is 10.0 Å². The van der Waals surface area contributed by atoms with Crippen molar-refractivity contribution < 1.29 is 9.84 Å². The van der Waals surface area contributed by atoms with Crippen molar-refractivity contribution in [1.82, 2.24) is 0 Å². The molecule has 0 bridgehead atoms. The van der Waals surface area contributed by atoms with Gasteiger partial charge in [-0.2, -0.15) is 5.10 Å². The van der Waals surface area contributed by atoms with Crippen LogP contribution in [0.25, 0.3) is 0 Å². The second-order valence-electron chi connectivity index (χ2n) is 2.82. The Hall–Kier alpha value is -1.76. The Morgan fingerprint density at radius 1 is 1.50 bits per heavy atom. The number of hydrogen-bond donors (Lipinski definition) is 3. The van der Waals surface area contributed by atoms with E-state index in [2.05, 4.69) is 26.1 Å². The van der Waals surface area contributed by atoms with Gasteiger partial charge in [0.1, 0.15) is 0 Å². The van der Waals surface area contributed by atoms with E-state index in [9.17, 15) is 5.11 Å². The quantitative estimate of drug-likeness (QED) is 0.433. The second kappa shape index (κ2) is 5.36. The van der Waals surface area contributed by atoms with E-state index >= 15 is 0 Å². The lowest BCUT2D eigenvalue weighted by Gasteiger charge is -2.06. The van der Waals surface area contributed by atoms with E-state index in [1.165, 1.54) is 13.3 Å². The Kier molecular flexibility index (Phi) is 4.12. The standard InChI is InChI=1S/C9H11BrN4O2/c1-16-7-3-6(10)2-5(8(7)15)4-13-14-9(11)12/h2-4,15H,1H3,(H4,11,12,14)/b13-4-. The monoisotopic (exact) mass is 286 g/mol. The van der Waals surface area contributed by atoms with Crippen LogP contribution in [-0.2, 0) is 0 Å². The Labute approximate surface area is 101 Å². The van der Waals surface area contributed by atoms with Crippen molar-refractivity contribution in [1.29, 1.82) is 0 Å². The predicted molar refractivity (Wildman–Crippen MR) is 65.8 cm³/mol. The molecule has 1 aromatic rings. The smallest absolute Gasteiger partial charge is 0.211 e. The summed E-state index contributed by atoms with van der Waals surface area (Å²) in [6.07, 6.45) is 1.32. The van der Waals surface area contributed by atoms with E-state index < -0.39 is 0 Å². The molecule has 86 valence electrons. The van der Waals surface area contributed by atoms with Crippen LogP contribution in [0, 0.1) is 0 Å². The summed E-state index contributed by atoms with van der Waals surface area (Å²) in [6, 6.07) is 3.29. The van der Waals surface area contributed by atoms with Crippen molar-refractivity contribution in [2.45, 2.75) is 0 Å². The first kappa shape index (κ1) is 12.3. The highest BCUT2D eigenvalue weighted by Gasteiger charge is 2.07. The number of halogens is 1. The van der Waals surface area contributed by atoms with Gasteiger partial charge in [-0.05, 0) is 12.1 Å². The fourth-order valence-corrected chi connectivity index (χ4v) is 1.46. The number of rotatable bonds is 3. The molecule has 0 aliphatic carbocycles. The zero-order valence-electron chi connectivity index (χ0n) is 8.51. The Balaban J connectivity index is 3.09. The van der Waals surface area contributed by atoms with Crippen LogP contribution >= 0.6 is 15.9 Å². The first-order valence-electron chi connectivity index (χ1n) is 4.23. The van der Waals surface area contributed by atoms with Crippen molar-refractivity contribution in [3.05, 3.63) is 22.2 Å². The highest BCUT2D eigenvalue weighted by molar-refractivity contribution is 9.10. The molecule has 0 radical (unpaired) electrons. The van der Waals surface area contributed by atoms with Crippen molar-refractivity contribution in [3.63, 3.8) is 0 Å². The lowest BCUT2D eigenvalue weighted by Crippen LogP contribution is -2.21. The van der Waals surface area contributed by atoms with Crippen LogP contribution in [0.3, 0.4) is 0 Å². The average molecular weight is 287 g/mol. The van der Waals surface area contributed by atoms with Crippen LogP contribution in [0.15, 0.2) is 26.8 Å². The summed E-state index contributed by atoms with van der Waals surface area (Å²) in [5, 5.41) is 16.7. The molecule has 0 aromatic heterocycles. The average Bonchev–Trinajstić information content (AvgIpc) is 2.22. The number of benzene rings is 1. The topological polar surface area (TPSA) is 106 Å². The lowest BCUT2D eigenvalue weighted by molar-refractivity contribution is 0.373. The van der Waals surface area contributed by atoms with E-state index in [0.29, 0.717) is 11.3 Å². The second-order valence-corrected chi connectivity index (χ2v) is 3.73. The molecule has 0 saturated heterocycles. The molecule has 0 aliphatic rings. The van der Waals surface area contributed by atoms with Gasteiger partial charge in [-0.25, -0.2) is 0 Å². The number of methoxy groups -OCH3 is 1. The summed E-state index contributed by atoms with van der Waals surface area (Å²) in [6.45, 7) is 0. The number of phenolic OH excluding ortho intramolecular Hbond substituents is 1. The lowest BCUT2D eigenvalue weighted by atomic mass is 10.2. The molecule has 0 amide bonds. The Morgan fingerprint density at radius 2 is 2.19 bits per heavy atom. The minimum atomic E-state index is -0.155. The minimum Gasteiger partial charge on any atom is -0.504 e. The van der Waals surface area contributed by atoms with Crippen LogP contribution < -0.4 is 16.2 Å². The Morgan fingerprint density at radius 3 is 2.75 bits per heavy atom. The molecule has 1 rings (SSSR count). The number of nitrogens with zero attached hydrogens (tertiary/aromatic N) is 2. The zero-order valence-corrected chi connectivity index (χ0v) is 10.1. The van der Waals surface area contributed by atoms with Crippen LogP contribution in [0.4, 0.5) is 0 Å². The number of nitrogens with two attached hydrogens (primary N) is 2. The van der Waals surface area contributed by atoms with Gasteiger partial charge in [0.15, 0.2) is 11.5 Å². The molecule has 0 saturated carbocycles. The van der Waals surface area contributed by atoms with Gasteiger partial charge in [-0.1, -0.05) is 15.9 Å². The van der Waals surface area contributed by atoms with Crippen LogP contribution in [0.5, 0.6) is 11.5 Å². The maximum Gasteiger partial charge on any atom is 0.211 e. The normalized spacial score (nSPS) is 10.4. The van der Waals surface area contributed by atoms with Gasteiger partial charge in [-0.3, -0.25) is 0 Å². The summed E-state index contributed by atoms with van der Waals surface area (Å²) >= 11 is 3.27. The number of ether oxygens (including phenoxy) is 1. The molecule has 0 atom stereocenters. The van der Waals surface area contributed by atoms with E-state index in [-0.39, 0.29) is 11.7 Å². The fraction of sp³-hybridized carbons (Fsp3) is 0.111. The van der Waals surface area contributed by atoms with Crippen molar-refractivity contribution in [2.24, 2.45) is 21.7 Å². The summed E-state index contributed by atoms with van der Waals surface area (Å²) in [5.41, 5.74) is 10.6. The maximum absolute atomic E-state index is 9.73. The SMILES string of the molecule is COc1cc(Br)cc(/C=N\N=C(N)N)c1O. The number of aromatic hydroxyl groups is 1. The van der Waals surface area contributed by atoms with Gasteiger partial charge in [0.2, 0.25) is 5.96 Å². The van der Waals surface area contributed by atoms with E-state index in [1.807, 2.05) is 0 Å². The summed E-state index contributed by atoms with van der Waals surface area (Å²) in [5.74, 6) is 0.151. The largest absolute Gasteiger partial charge is 0.504 e. The van der Waals surface area contributed by atoms with E-state index in [0.717, 1.165) is 4.47 Å². The highest BCUT2D eigenvalue weighted by atomic mass is 79.9. The molecule has 0 heterocycles. The number of guanidine groups is 1. The molecule has 16 heavy (non-hydrogen) atoms. The van der Waals surface area contributed by atoms with Crippen LogP contribution in [-0.4, -0.2) is 24.4 Å². The predicted octanol–water partition coefficient (Wildman–Crippen LogP) is 0.771. The van der Waals surface area contributed by atoms with Crippen molar-refractivity contribution in [3.8, 4) is 11.5 Å². The molecule has 0 aliphatic heterocycles. The highest BCUT2D eigenvalue weighted by Crippen LogP contribution is 2.32. The van der Waals surface area contributed by atoms with Gasteiger partial charge in [-0.15, -0.1) is 5.10 Å². The molecule has 1 aromatic carbocycles. The maximum atomic E-state index is 9.73. The molecule has 7 heteroatoms. The molecule has 0 unspecified atom stereocenters. The van der Waals surface area contributed by atoms with E-state index in [1.54, 1.807) is 12.1 Å². The van der Waals surface area contributed by atoms with E-state index in [4.69, 9.17) is 16.2 Å². The van der Waals surface area contributed by atoms with Crippen molar-refractivity contribution >= 4 is 28.1 Å². The van der Waals surface area contributed by atoms with Crippen molar-refractivity contribution in [2.75, 3.05) is 7.11 Å². The van der Waals surface area contributed by atoms with Gasteiger partial charge in [0.05, 0.1) is 13.3 Å². The fourth-order valence-electron chi connectivity index (χ4n) is 1.01. The van der Waals surface area contributed by atoms with Gasteiger partial charge < -0.3 is 21.3 Å². The number of phenols is 1. The summed E-state index contributed by atoms with van der Waals surface area (Å²) in [4.78, 5) is 0. The molecule has 0 spiro atoms. The molecule has 6 nitrogen and oxygen atoms in total. The third-order valence-corrected chi connectivity index (χ3v) is 2.12. The first-order chi connectivity index (χ1) is 7.54. The molecule has 0 fully saturated rings. The zero-order chi connectivity index (χ0) is 12.1. The van der Waals surface area contributed by atoms with Gasteiger partial charge >= 0.3 is 0 Å². The minimum absolute atomic E-state index is 0.0276. The summed E-state index contributed by atoms with van der Waals surface area (Å²) in [7, 11) is 1.46. The van der Waals surface area contributed by atoms with Gasteiger partial charge in [0.25, 0.3) is 0 Å².